The van der Waals surface area contributed by atoms with Crippen molar-refractivity contribution in [1.82, 2.24) is 10.2 Å². The number of carbonyl (C=O) groups is 2. The molecule has 1 saturated heterocycles. The lowest BCUT2D eigenvalue weighted by molar-refractivity contribution is -0.138. The van der Waals surface area contributed by atoms with Gasteiger partial charge in [0, 0.05) is 6.04 Å². The number of hydrogen-bond donors (Lipinski definition) is 2. The zero-order valence-corrected chi connectivity index (χ0v) is 11.1. The lowest BCUT2D eigenvalue weighted by atomic mass is 10.2. The van der Waals surface area contributed by atoms with E-state index in [0.29, 0.717) is 13.0 Å². The number of nitrogens with one attached hydrogen (secondary N) is 1. The number of nitrogens with zero attached hydrogens (tertiary/aromatic N) is 1. The topological polar surface area (TPSA) is 104 Å². The molecule has 18 heavy (non-hydrogen) atoms. The number of aliphatic carboxylic acids is 1. The van der Waals surface area contributed by atoms with Gasteiger partial charge in [-0.3, -0.25) is 14.5 Å². The molecule has 0 spiro atoms. The van der Waals surface area contributed by atoms with E-state index in [2.05, 4.69) is 5.32 Å². The minimum absolute atomic E-state index is 0.0240. The molecule has 0 saturated carbocycles. The fraction of sp³-hybridized carbons (Fsp3) is 0.800. The van der Waals surface area contributed by atoms with Crippen LogP contribution in [-0.2, 0) is 19.4 Å². The first-order chi connectivity index (χ1) is 8.32. The van der Waals surface area contributed by atoms with Gasteiger partial charge in [0.05, 0.1) is 24.6 Å². The number of carbonyl (C=O) groups excluding carboxylic acids is 1. The minimum Gasteiger partial charge on any atom is -0.480 e. The first-order valence-corrected chi connectivity index (χ1v) is 7.58. The Hall–Kier alpha value is -1.15. The second kappa shape index (κ2) is 6.14. The van der Waals surface area contributed by atoms with E-state index in [4.69, 9.17) is 5.11 Å². The van der Waals surface area contributed by atoms with E-state index >= 15 is 0 Å². The largest absolute Gasteiger partial charge is 0.480 e. The number of rotatable bonds is 6. The highest BCUT2D eigenvalue weighted by Crippen LogP contribution is 2.10. The molecule has 104 valence electrons. The molecule has 1 rings (SSSR count). The molecule has 0 aromatic rings. The number of sulfone groups is 1. The molecule has 0 aromatic carbocycles. The second-order valence-corrected chi connectivity index (χ2v) is 6.59. The third-order valence-electron chi connectivity index (χ3n) is 2.77. The fourth-order valence-electron chi connectivity index (χ4n) is 1.86. The number of carboxylic acids is 1. The van der Waals surface area contributed by atoms with Crippen LogP contribution in [0.15, 0.2) is 0 Å². The van der Waals surface area contributed by atoms with Crippen molar-refractivity contribution in [2.75, 3.05) is 31.1 Å². The second-order valence-electron chi connectivity index (χ2n) is 4.36. The fourth-order valence-corrected chi connectivity index (χ4v) is 3.53. The van der Waals surface area contributed by atoms with E-state index in [9.17, 15) is 18.0 Å². The van der Waals surface area contributed by atoms with Crippen LogP contribution in [-0.4, -0.2) is 67.5 Å². The van der Waals surface area contributed by atoms with Crippen LogP contribution in [0.3, 0.4) is 0 Å². The Kier molecular flexibility index (Phi) is 5.09. The van der Waals surface area contributed by atoms with Gasteiger partial charge in [0.2, 0.25) is 5.91 Å². The predicted octanol–water partition coefficient (Wildman–Crippen LogP) is -1.30. The lowest BCUT2D eigenvalue weighted by Crippen LogP contribution is -2.43. The predicted molar refractivity (Wildman–Crippen MR) is 65.0 cm³/mol. The molecule has 0 radical (unpaired) electrons. The van der Waals surface area contributed by atoms with Crippen molar-refractivity contribution < 1.29 is 23.1 Å². The Labute approximate surface area is 106 Å². The minimum atomic E-state index is -3.02. The molecule has 1 heterocycles. The van der Waals surface area contributed by atoms with Crippen LogP contribution in [0.25, 0.3) is 0 Å². The van der Waals surface area contributed by atoms with Gasteiger partial charge >= 0.3 is 5.97 Å². The van der Waals surface area contributed by atoms with Crippen LogP contribution in [0.1, 0.15) is 13.3 Å². The van der Waals surface area contributed by atoms with Crippen molar-refractivity contribution in [3.05, 3.63) is 0 Å². The average Bonchev–Trinajstić information content (AvgIpc) is 2.56. The first kappa shape index (κ1) is 14.9. The standard InChI is InChI=1S/C10H18N2O5S/c1-2-12(6-10(14)15)5-9(13)11-8-3-4-18(16,17)7-8/h8H,2-7H2,1H3,(H,11,13)(H,14,15). The maximum atomic E-state index is 11.6. The molecule has 1 aliphatic rings. The van der Waals surface area contributed by atoms with E-state index in [1.54, 1.807) is 6.92 Å². The molecule has 1 unspecified atom stereocenters. The lowest BCUT2D eigenvalue weighted by Gasteiger charge is -2.18. The van der Waals surface area contributed by atoms with Gasteiger partial charge in [0.25, 0.3) is 0 Å². The number of hydrogen-bond acceptors (Lipinski definition) is 5. The summed E-state index contributed by atoms with van der Waals surface area (Å²) in [6.07, 6.45) is 0.430. The molecule has 7 nitrogen and oxygen atoms in total. The van der Waals surface area contributed by atoms with Gasteiger partial charge in [0.1, 0.15) is 0 Å². The van der Waals surface area contributed by atoms with Crippen molar-refractivity contribution in [2.45, 2.75) is 19.4 Å². The van der Waals surface area contributed by atoms with E-state index in [0.717, 1.165) is 0 Å². The van der Waals surface area contributed by atoms with Crippen molar-refractivity contribution in [3.8, 4) is 0 Å². The quantitative estimate of drug-likeness (QED) is 0.625. The Morgan fingerprint density at radius 1 is 1.39 bits per heavy atom. The average molecular weight is 278 g/mol. The van der Waals surface area contributed by atoms with Gasteiger partial charge in [-0.1, -0.05) is 6.92 Å². The Morgan fingerprint density at radius 3 is 2.50 bits per heavy atom. The summed E-state index contributed by atoms with van der Waals surface area (Å²) in [6.45, 7) is 1.98. The van der Waals surface area contributed by atoms with Crippen LogP contribution >= 0.6 is 0 Å². The highest BCUT2D eigenvalue weighted by atomic mass is 32.2. The SMILES string of the molecule is CCN(CC(=O)O)CC(=O)NC1CCS(=O)(=O)C1. The monoisotopic (exact) mass is 278 g/mol. The van der Waals surface area contributed by atoms with E-state index in [-0.39, 0.29) is 36.5 Å². The molecule has 0 aliphatic carbocycles. The van der Waals surface area contributed by atoms with Crippen molar-refractivity contribution in [2.24, 2.45) is 0 Å². The van der Waals surface area contributed by atoms with E-state index < -0.39 is 15.8 Å². The highest BCUT2D eigenvalue weighted by Gasteiger charge is 2.29. The smallest absolute Gasteiger partial charge is 0.317 e. The van der Waals surface area contributed by atoms with Gasteiger partial charge in [-0.05, 0) is 13.0 Å². The van der Waals surface area contributed by atoms with E-state index in [1.807, 2.05) is 0 Å². The van der Waals surface area contributed by atoms with Gasteiger partial charge in [0.15, 0.2) is 9.84 Å². The summed E-state index contributed by atoms with van der Waals surface area (Å²) in [5.74, 6) is -1.25. The van der Waals surface area contributed by atoms with Crippen molar-refractivity contribution in [1.29, 1.82) is 0 Å². The Balaban J connectivity index is 2.39. The molecule has 0 aromatic heterocycles. The Morgan fingerprint density at radius 2 is 2.06 bits per heavy atom. The summed E-state index contributed by atoms with van der Waals surface area (Å²) in [5.41, 5.74) is 0. The summed E-state index contributed by atoms with van der Waals surface area (Å²) in [7, 11) is -3.02. The summed E-state index contributed by atoms with van der Waals surface area (Å²) >= 11 is 0. The van der Waals surface area contributed by atoms with Crippen LogP contribution < -0.4 is 5.32 Å². The maximum absolute atomic E-state index is 11.6. The molecule has 1 amide bonds. The summed E-state index contributed by atoms with van der Waals surface area (Å²) in [4.78, 5) is 23.6. The van der Waals surface area contributed by atoms with E-state index in [1.165, 1.54) is 4.90 Å². The van der Waals surface area contributed by atoms with Crippen LogP contribution in [0.4, 0.5) is 0 Å². The zero-order valence-electron chi connectivity index (χ0n) is 10.3. The first-order valence-electron chi connectivity index (χ1n) is 5.76. The zero-order chi connectivity index (χ0) is 13.8. The maximum Gasteiger partial charge on any atom is 0.317 e. The molecule has 8 heteroatoms. The number of amides is 1. The molecular formula is C10H18N2O5S. The number of likely N-dealkylation sites (N-methyl/N-ethyl adjacent to an activating group) is 1. The van der Waals surface area contributed by atoms with Crippen LogP contribution in [0.5, 0.6) is 0 Å². The molecule has 0 bridgehead atoms. The molecule has 1 aliphatic heterocycles. The molecule has 2 N–H and O–H groups in total. The summed E-state index contributed by atoms with van der Waals surface area (Å²) in [5, 5.41) is 11.2. The molecule has 1 fully saturated rings. The Bertz CT molecular complexity index is 420. The highest BCUT2D eigenvalue weighted by molar-refractivity contribution is 7.91. The molecular weight excluding hydrogens is 260 g/mol. The van der Waals surface area contributed by atoms with Crippen molar-refractivity contribution in [3.63, 3.8) is 0 Å². The summed E-state index contributed by atoms with van der Waals surface area (Å²) < 4.78 is 22.4. The third kappa shape index (κ3) is 5.01. The van der Waals surface area contributed by atoms with Gasteiger partial charge < -0.3 is 10.4 Å². The van der Waals surface area contributed by atoms with Gasteiger partial charge in [-0.15, -0.1) is 0 Å². The third-order valence-corrected chi connectivity index (χ3v) is 4.54. The number of carboxylic acid groups (broad SMARTS) is 1. The normalized spacial score (nSPS) is 22.0. The van der Waals surface area contributed by atoms with Gasteiger partial charge in [-0.25, -0.2) is 8.42 Å². The van der Waals surface area contributed by atoms with Crippen molar-refractivity contribution >= 4 is 21.7 Å². The summed E-state index contributed by atoms with van der Waals surface area (Å²) in [6, 6.07) is -0.342. The van der Waals surface area contributed by atoms with Crippen LogP contribution in [0, 0.1) is 0 Å². The van der Waals surface area contributed by atoms with Gasteiger partial charge in [-0.2, -0.15) is 0 Å². The van der Waals surface area contributed by atoms with Crippen LogP contribution in [0.2, 0.25) is 0 Å². The molecule has 1 atom stereocenters.